The summed E-state index contributed by atoms with van der Waals surface area (Å²) in [6.07, 6.45) is 1.57. The van der Waals surface area contributed by atoms with Crippen molar-refractivity contribution in [2.24, 2.45) is 5.73 Å². The summed E-state index contributed by atoms with van der Waals surface area (Å²) in [5, 5.41) is 8.16. The molecule has 0 unspecified atom stereocenters. The maximum Gasteiger partial charge on any atom is 0.141 e. The van der Waals surface area contributed by atoms with Crippen molar-refractivity contribution in [3.8, 4) is 11.5 Å². The molecule has 0 bridgehead atoms. The van der Waals surface area contributed by atoms with Gasteiger partial charge in [0.05, 0.1) is 0 Å². The largest absolute Gasteiger partial charge is 0.457 e. The number of pyridine rings is 1. The highest BCUT2D eigenvalue weighted by Crippen LogP contribution is 2.33. The molecule has 1 aromatic heterocycles. The van der Waals surface area contributed by atoms with Crippen LogP contribution < -0.4 is 10.5 Å². The summed E-state index contributed by atoms with van der Waals surface area (Å²) in [5.74, 6) is 1.56. The minimum atomic E-state index is -0.0869. The molecule has 1 aromatic carbocycles. The van der Waals surface area contributed by atoms with E-state index in [1.54, 1.807) is 18.3 Å². The minimum absolute atomic E-state index is 0.0869. The molecule has 1 heterocycles. The van der Waals surface area contributed by atoms with E-state index in [-0.39, 0.29) is 5.84 Å². The number of hydrogen-bond acceptors (Lipinski definition) is 3. The van der Waals surface area contributed by atoms with Crippen LogP contribution in [-0.4, -0.2) is 10.8 Å². The lowest BCUT2D eigenvalue weighted by Crippen LogP contribution is -2.12. The van der Waals surface area contributed by atoms with E-state index in [1.807, 2.05) is 19.1 Å². The van der Waals surface area contributed by atoms with E-state index in [0.29, 0.717) is 17.4 Å². The first-order chi connectivity index (χ1) is 9.88. The van der Waals surface area contributed by atoms with Gasteiger partial charge in [0, 0.05) is 17.3 Å². The molecule has 0 aliphatic heterocycles. The second-order valence-corrected chi connectivity index (χ2v) is 5.59. The van der Waals surface area contributed by atoms with Crippen LogP contribution in [0.3, 0.4) is 0 Å². The van der Waals surface area contributed by atoms with Crippen LogP contribution in [-0.2, 0) is 0 Å². The van der Waals surface area contributed by atoms with Crippen molar-refractivity contribution in [3.63, 3.8) is 0 Å². The van der Waals surface area contributed by atoms with Crippen LogP contribution in [0.4, 0.5) is 0 Å². The zero-order chi connectivity index (χ0) is 15.6. The van der Waals surface area contributed by atoms with Gasteiger partial charge in [-0.3, -0.25) is 10.4 Å². The van der Waals surface area contributed by atoms with Gasteiger partial charge in [0.15, 0.2) is 0 Å². The minimum Gasteiger partial charge on any atom is -0.457 e. The third-order valence-corrected chi connectivity index (χ3v) is 3.48. The van der Waals surface area contributed by atoms with Crippen molar-refractivity contribution in [1.82, 2.24) is 4.98 Å². The molecule has 2 aromatic rings. The van der Waals surface area contributed by atoms with E-state index in [9.17, 15) is 0 Å². The number of nitrogens with one attached hydrogen (secondary N) is 1. The predicted octanol–water partition coefficient (Wildman–Crippen LogP) is 4.24. The molecule has 0 radical (unpaired) electrons. The van der Waals surface area contributed by atoms with E-state index in [0.717, 1.165) is 21.9 Å². The van der Waals surface area contributed by atoms with Crippen molar-refractivity contribution < 1.29 is 4.74 Å². The van der Waals surface area contributed by atoms with E-state index in [1.165, 1.54) is 0 Å². The van der Waals surface area contributed by atoms with E-state index in [2.05, 4.69) is 18.8 Å². The number of amidine groups is 1. The topological polar surface area (TPSA) is 72.0 Å². The Morgan fingerprint density at radius 2 is 2.05 bits per heavy atom. The molecule has 0 atom stereocenters. The van der Waals surface area contributed by atoms with Gasteiger partial charge in [-0.15, -0.1) is 0 Å². The van der Waals surface area contributed by atoms with Crippen molar-refractivity contribution in [2.45, 2.75) is 26.7 Å². The average Bonchev–Trinajstić information content (AvgIpc) is 2.41. The van der Waals surface area contributed by atoms with Gasteiger partial charge in [0.2, 0.25) is 0 Å². The highest BCUT2D eigenvalue weighted by molar-refractivity contribution is 6.31. The lowest BCUT2D eigenvalue weighted by atomic mass is 10.0. The van der Waals surface area contributed by atoms with Crippen molar-refractivity contribution >= 4 is 17.4 Å². The third kappa shape index (κ3) is 3.52. The molecular weight excluding hydrogens is 286 g/mol. The molecule has 0 aliphatic carbocycles. The summed E-state index contributed by atoms with van der Waals surface area (Å²) in [5.41, 5.74) is 7.82. The Kier molecular flexibility index (Phi) is 4.48. The van der Waals surface area contributed by atoms with Crippen molar-refractivity contribution in [3.05, 3.63) is 52.3 Å². The molecule has 0 aliphatic rings. The van der Waals surface area contributed by atoms with Crippen LogP contribution >= 0.6 is 11.6 Å². The number of aromatic nitrogens is 1. The number of nitrogens with zero attached hydrogens (tertiary/aromatic N) is 1. The van der Waals surface area contributed by atoms with Gasteiger partial charge in [0.25, 0.3) is 0 Å². The molecule has 21 heavy (non-hydrogen) atoms. The Balaban J connectivity index is 2.37. The van der Waals surface area contributed by atoms with Gasteiger partial charge >= 0.3 is 0 Å². The summed E-state index contributed by atoms with van der Waals surface area (Å²) >= 11 is 6.26. The molecule has 3 N–H and O–H groups in total. The van der Waals surface area contributed by atoms with Gasteiger partial charge in [-0.1, -0.05) is 25.4 Å². The Bertz CT molecular complexity index is 683. The fourth-order valence-corrected chi connectivity index (χ4v) is 2.41. The molecular formula is C16H18ClN3O. The first kappa shape index (κ1) is 15.3. The number of aryl methyl sites for hydroxylation is 1. The Hall–Kier alpha value is -2.07. The van der Waals surface area contributed by atoms with E-state index < -0.39 is 0 Å². The van der Waals surface area contributed by atoms with Crippen LogP contribution in [0.5, 0.6) is 11.5 Å². The zero-order valence-corrected chi connectivity index (χ0v) is 13.0. The monoisotopic (exact) mass is 303 g/mol. The van der Waals surface area contributed by atoms with Gasteiger partial charge < -0.3 is 10.5 Å². The summed E-state index contributed by atoms with van der Waals surface area (Å²) in [6, 6.07) is 7.23. The summed E-state index contributed by atoms with van der Waals surface area (Å²) < 4.78 is 5.89. The molecule has 0 saturated heterocycles. The maximum atomic E-state index is 7.41. The summed E-state index contributed by atoms with van der Waals surface area (Å²) in [4.78, 5) is 4.01. The van der Waals surface area contributed by atoms with Crippen LogP contribution in [0.25, 0.3) is 0 Å². The molecule has 2 rings (SSSR count). The number of nitrogens with two attached hydrogens (primary N) is 1. The fourth-order valence-electron chi connectivity index (χ4n) is 1.97. The van der Waals surface area contributed by atoms with Gasteiger partial charge in [-0.25, -0.2) is 0 Å². The second-order valence-electron chi connectivity index (χ2n) is 5.19. The van der Waals surface area contributed by atoms with Gasteiger partial charge in [-0.05, 0) is 42.2 Å². The summed E-state index contributed by atoms with van der Waals surface area (Å²) in [7, 11) is 0. The van der Waals surface area contributed by atoms with Crippen LogP contribution in [0, 0.1) is 12.3 Å². The maximum absolute atomic E-state index is 7.41. The Labute approximate surface area is 129 Å². The van der Waals surface area contributed by atoms with Crippen LogP contribution in [0.1, 0.15) is 36.6 Å². The molecule has 4 nitrogen and oxygen atoms in total. The predicted molar refractivity (Wildman–Crippen MR) is 85.6 cm³/mol. The number of ether oxygens (including phenoxy) is 1. The Morgan fingerprint density at radius 1 is 1.33 bits per heavy atom. The fraction of sp³-hybridized carbons (Fsp3) is 0.250. The molecule has 110 valence electrons. The molecule has 0 saturated carbocycles. The number of benzene rings is 1. The highest BCUT2D eigenvalue weighted by Gasteiger charge is 2.11. The highest BCUT2D eigenvalue weighted by atomic mass is 35.5. The zero-order valence-electron chi connectivity index (χ0n) is 12.3. The van der Waals surface area contributed by atoms with Crippen LogP contribution in [0.2, 0.25) is 5.02 Å². The Morgan fingerprint density at radius 3 is 2.67 bits per heavy atom. The molecule has 0 amide bonds. The van der Waals surface area contributed by atoms with Gasteiger partial charge in [0.1, 0.15) is 23.0 Å². The standard InChI is InChI=1S/C16H18ClN3O/c1-9(2)12-8-15(10(3)6-13(12)17)21-11-4-5-20-14(7-11)16(18)19/h4-9H,1-3H3,(H3,18,19). The average molecular weight is 304 g/mol. The lowest BCUT2D eigenvalue weighted by Gasteiger charge is -2.14. The number of nitrogen functional groups attached to an aromatic ring is 1. The van der Waals surface area contributed by atoms with Crippen molar-refractivity contribution in [2.75, 3.05) is 0 Å². The second kappa shape index (κ2) is 6.14. The number of rotatable bonds is 4. The van der Waals surface area contributed by atoms with Gasteiger partial charge in [-0.2, -0.15) is 0 Å². The molecule has 0 spiro atoms. The first-order valence-electron chi connectivity index (χ1n) is 6.67. The third-order valence-electron chi connectivity index (χ3n) is 3.15. The van der Waals surface area contributed by atoms with Crippen molar-refractivity contribution in [1.29, 1.82) is 5.41 Å². The smallest absolute Gasteiger partial charge is 0.141 e. The number of halogens is 1. The quantitative estimate of drug-likeness (QED) is 0.655. The first-order valence-corrected chi connectivity index (χ1v) is 7.04. The lowest BCUT2D eigenvalue weighted by molar-refractivity contribution is 0.477. The molecule has 5 heteroatoms. The summed E-state index contributed by atoms with van der Waals surface area (Å²) in [6.45, 7) is 6.11. The van der Waals surface area contributed by atoms with E-state index in [4.69, 9.17) is 27.5 Å². The number of hydrogen-bond donors (Lipinski definition) is 2. The SMILES string of the molecule is Cc1cc(Cl)c(C(C)C)cc1Oc1ccnc(C(=N)N)c1. The normalized spacial score (nSPS) is 10.7. The molecule has 0 fully saturated rings. The van der Waals surface area contributed by atoms with E-state index >= 15 is 0 Å². The van der Waals surface area contributed by atoms with Crippen LogP contribution in [0.15, 0.2) is 30.5 Å².